The third-order valence-corrected chi connectivity index (χ3v) is 7.36. The van der Waals surface area contributed by atoms with Crippen LogP contribution in [0.5, 0.6) is 5.75 Å². The summed E-state index contributed by atoms with van der Waals surface area (Å²) in [5.41, 5.74) is 1.86. The van der Waals surface area contributed by atoms with Crippen LogP contribution in [-0.4, -0.2) is 40.6 Å². The zero-order valence-electron chi connectivity index (χ0n) is 19.9. The second-order valence-corrected chi connectivity index (χ2v) is 9.64. The molecule has 1 aliphatic heterocycles. The fourth-order valence-electron chi connectivity index (χ4n) is 4.39. The summed E-state index contributed by atoms with van der Waals surface area (Å²) < 4.78 is 21.1. The van der Waals surface area contributed by atoms with Crippen molar-refractivity contribution in [1.29, 1.82) is 0 Å². The number of likely N-dealkylation sites (tertiary alicyclic amines) is 1. The number of aromatic nitrogens is 2. The van der Waals surface area contributed by atoms with Crippen LogP contribution >= 0.6 is 11.8 Å². The van der Waals surface area contributed by atoms with E-state index >= 15 is 0 Å². The fraction of sp³-hybridized carbons (Fsp3) is 0.250. The van der Waals surface area contributed by atoms with Crippen molar-refractivity contribution in [2.75, 3.05) is 20.2 Å². The Balaban J connectivity index is 1.59. The van der Waals surface area contributed by atoms with Gasteiger partial charge in [-0.2, -0.15) is 0 Å². The van der Waals surface area contributed by atoms with Crippen LogP contribution in [0, 0.1) is 5.82 Å². The predicted octanol–water partition coefficient (Wildman–Crippen LogP) is 5.45. The molecule has 0 bridgehead atoms. The van der Waals surface area contributed by atoms with Crippen LogP contribution in [0.4, 0.5) is 4.39 Å². The maximum atomic E-state index is 14.3. The lowest BCUT2D eigenvalue weighted by atomic mass is 10.1. The van der Waals surface area contributed by atoms with Gasteiger partial charge in [-0.1, -0.05) is 30.0 Å². The van der Waals surface area contributed by atoms with Crippen LogP contribution in [0.15, 0.2) is 76.7 Å². The number of carbonyl (C=O) groups is 1. The summed E-state index contributed by atoms with van der Waals surface area (Å²) in [7, 11) is 1.58. The highest BCUT2D eigenvalue weighted by atomic mass is 32.2. The van der Waals surface area contributed by atoms with E-state index in [-0.39, 0.29) is 17.3 Å². The number of nitrogens with zero attached hydrogens (tertiary/aromatic N) is 3. The van der Waals surface area contributed by atoms with Crippen molar-refractivity contribution in [3.63, 3.8) is 0 Å². The summed E-state index contributed by atoms with van der Waals surface area (Å²) in [6.45, 7) is 1.49. The maximum absolute atomic E-state index is 14.3. The van der Waals surface area contributed by atoms with Gasteiger partial charge in [0, 0.05) is 24.4 Å². The van der Waals surface area contributed by atoms with Gasteiger partial charge in [0.05, 0.1) is 23.7 Å². The minimum absolute atomic E-state index is 0.0432. The van der Waals surface area contributed by atoms with E-state index in [4.69, 9.17) is 9.72 Å². The van der Waals surface area contributed by atoms with Gasteiger partial charge in [-0.3, -0.25) is 14.2 Å². The first-order valence-corrected chi connectivity index (χ1v) is 12.9. The first-order valence-electron chi connectivity index (χ1n) is 11.9. The third kappa shape index (κ3) is 4.86. The molecular weight excluding hydrogens is 477 g/mol. The molecule has 4 aromatic rings. The first-order chi connectivity index (χ1) is 17.5. The highest BCUT2D eigenvalue weighted by Gasteiger charge is 2.20. The van der Waals surface area contributed by atoms with Crippen molar-refractivity contribution in [2.45, 2.75) is 30.2 Å². The van der Waals surface area contributed by atoms with E-state index in [2.05, 4.69) is 0 Å². The number of fused-ring (bicyclic) bond motifs is 1. The number of hydrogen-bond acceptors (Lipinski definition) is 5. The monoisotopic (exact) mass is 503 g/mol. The standard InChI is InChI=1S/C28H26FN3O3S/c1-35-22-12-10-21(11-13-22)32-27(34)23-14-9-19(26(33)31-15-5-2-6-16-31)17-25(23)30-28(32)36-18-20-7-3-4-8-24(20)29/h3-4,7-14,17H,2,5-6,15-16,18H2,1H3. The smallest absolute Gasteiger partial charge is 0.266 e. The maximum Gasteiger partial charge on any atom is 0.266 e. The minimum Gasteiger partial charge on any atom is -0.497 e. The third-order valence-electron chi connectivity index (χ3n) is 6.37. The largest absolute Gasteiger partial charge is 0.497 e. The Morgan fingerprint density at radius 2 is 1.78 bits per heavy atom. The molecule has 0 N–H and O–H groups in total. The molecule has 0 unspecified atom stereocenters. The molecule has 1 saturated heterocycles. The van der Waals surface area contributed by atoms with E-state index in [1.165, 1.54) is 22.4 Å². The molecular formula is C28H26FN3O3S. The van der Waals surface area contributed by atoms with Gasteiger partial charge >= 0.3 is 0 Å². The molecule has 1 fully saturated rings. The van der Waals surface area contributed by atoms with Crippen LogP contribution in [0.2, 0.25) is 0 Å². The van der Waals surface area contributed by atoms with Crippen LogP contribution in [-0.2, 0) is 5.75 Å². The summed E-state index contributed by atoms with van der Waals surface area (Å²) in [5, 5.41) is 0.833. The topological polar surface area (TPSA) is 64.4 Å². The number of ether oxygens (including phenoxy) is 1. The predicted molar refractivity (Wildman–Crippen MR) is 140 cm³/mol. The van der Waals surface area contributed by atoms with E-state index in [1.54, 1.807) is 67.8 Å². The van der Waals surface area contributed by atoms with E-state index < -0.39 is 0 Å². The average Bonchev–Trinajstić information content (AvgIpc) is 2.92. The van der Waals surface area contributed by atoms with Gasteiger partial charge in [0.1, 0.15) is 11.6 Å². The van der Waals surface area contributed by atoms with Gasteiger partial charge in [-0.25, -0.2) is 9.37 Å². The normalized spacial score (nSPS) is 13.7. The average molecular weight is 504 g/mol. The number of rotatable bonds is 6. The quantitative estimate of drug-likeness (QED) is 0.259. The number of benzene rings is 3. The van der Waals surface area contributed by atoms with E-state index in [0.717, 1.165) is 32.4 Å². The molecule has 1 aromatic heterocycles. The van der Waals surface area contributed by atoms with E-state index in [9.17, 15) is 14.0 Å². The second kappa shape index (κ2) is 10.5. The van der Waals surface area contributed by atoms with Crippen molar-refractivity contribution in [3.05, 3.63) is 94.0 Å². The lowest BCUT2D eigenvalue weighted by Gasteiger charge is -2.26. The number of piperidine rings is 1. The zero-order valence-corrected chi connectivity index (χ0v) is 20.8. The second-order valence-electron chi connectivity index (χ2n) is 8.70. The SMILES string of the molecule is COc1ccc(-n2c(SCc3ccccc3F)nc3cc(C(=O)N4CCCCC4)ccc3c2=O)cc1. The summed E-state index contributed by atoms with van der Waals surface area (Å²) in [6.07, 6.45) is 3.14. The first kappa shape index (κ1) is 24.1. The van der Waals surface area contributed by atoms with Crippen molar-refractivity contribution >= 4 is 28.6 Å². The van der Waals surface area contributed by atoms with Gasteiger partial charge in [0.15, 0.2) is 5.16 Å². The molecule has 0 radical (unpaired) electrons. The summed E-state index contributed by atoms with van der Waals surface area (Å²) >= 11 is 1.28. The van der Waals surface area contributed by atoms with Crippen LogP contribution in [0.25, 0.3) is 16.6 Å². The van der Waals surface area contributed by atoms with Gasteiger partial charge in [0.2, 0.25) is 0 Å². The summed E-state index contributed by atoms with van der Waals surface area (Å²) in [6, 6.07) is 18.8. The Labute approximate surface area is 212 Å². The molecule has 184 valence electrons. The molecule has 1 amide bonds. The lowest BCUT2D eigenvalue weighted by Crippen LogP contribution is -2.35. The van der Waals surface area contributed by atoms with Crippen molar-refractivity contribution in [2.24, 2.45) is 0 Å². The minimum atomic E-state index is -0.307. The molecule has 36 heavy (non-hydrogen) atoms. The Bertz CT molecular complexity index is 1460. The molecule has 0 aliphatic carbocycles. The Morgan fingerprint density at radius 1 is 1.03 bits per heavy atom. The fourth-order valence-corrected chi connectivity index (χ4v) is 5.39. The van der Waals surface area contributed by atoms with Gasteiger partial charge in [0.25, 0.3) is 11.5 Å². The number of amides is 1. The zero-order chi connectivity index (χ0) is 25.1. The molecule has 0 spiro atoms. The number of hydrogen-bond donors (Lipinski definition) is 0. The molecule has 5 rings (SSSR count). The van der Waals surface area contributed by atoms with Crippen molar-refractivity contribution < 1.29 is 13.9 Å². The number of carbonyl (C=O) groups excluding carboxylic acids is 1. The van der Waals surface area contributed by atoms with Crippen molar-refractivity contribution in [3.8, 4) is 11.4 Å². The highest BCUT2D eigenvalue weighted by Crippen LogP contribution is 2.27. The Kier molecular flexibility index (Phi) is 7.04. The molecule has 8 heteroatoms. The summed E-state index contributed by atoms with van der Waals surface area (Å²) in [4.78, 5) is 33.4. The van der Waals surface area contributed by atoms with Gasteiger partial charge in [-0.05, 0) is 73.4 Å². The number of thioether (sulfide) groups is 1. The number of halogens is 1. The van der Waals surface area contributed by atoms with E-state index in [1.807, 2.05) is 4.90 Å². The Hall–Kier alpha value is -3.65. The van der Waals surface area contributed by atoms with Crippen LogP contribution in [0.3, 0.4) is 0 Å². The molecule has 0 atom stereocenters. The highest BCUT2D eigenvalue weighted by molar-refractivity contribution is 7.98. The molecule has 3 aromatic carbocycles. The van der Waals surface area contributed by atoms with E-state index in [0.29, 0.717) is 44.4 Å². The molecule has 1 aliphatic rings. The van der Waals surface area contributed by atoms with Gasteiger partial charge in [-0.15, -0.1) is 0 Å². The molecule has 0 saturated carbocycles. The summed E-state index contributed by atoms with van der Waals surface area (Å²) in [5.74, 6) is 0.617. The van der Waals surface area contributed by atoms with Crippen molar-refractivity contribution in [1.82, 2.24) is 14.5 Å². The van der Waals surface area contributed by atoms with Crippen LogP contribution < -0.4 is 10.3 Å². The molecule has 6 nitrogen and oxygen atoms in total. The van der Waals surface area contributed by atoms with Gasteiger partial charge < -0.3 is 9.64 Å². The lowest BCUT2D eigenvalue weighted by molar-refractivity contribution is 0.0724. The Morgan fingerprint density at radius 3 is 2.50 bits per heavy atom. The van der Waals surface area contributed by atoms with Crippen LogP contribution in [0.1, 0.15) is 35.2 Å². The molecule has 2 heterocycles. The number of methoxy groups -OCH3 is 1.